The summed E-state index contributed by atoms with van der Waals surface area (Å²) < 4.78 is 13.6. The third kappa shape index (κ3) is 2.66. The Bertz CT molecular complexity index is 425. The van der Waals surface area contributed by atoms with Crippen molar-refractivity contribution < 1.29 is 4.39 Å². The van der Waals surface area contributed by atoms with Crippen LogP contribution in [0.25, 0.3) is 0 Å². The number of halogens is 1. The molecule has 0 aliphatic heterocycles. The van der Waals surface area contributed by atoms with E-state index >= 15 is 0 Å². The minimum atomic E-state index is -0.164. The first kappa shape index (κ1) is 13.3. The van der Waals surface area contributed by atoms with Crippen LogP contribution in [0.4, 0.5) is 10.1 Å². The summed E-state index contributed by atoms with van der Waals surface area (Å²) >= 11 is 0. The van der Waals surface area contributed by atoms with Crippen LogP contribution in [0, 0.1) is 18.7 Å². The maximum atomic E-state index is 13.6. The fraction of sp³-hybridized carbons (Fsp3) is 0.600. The second kappa shape index (κ2) is 5.27. The van der Waals surface area contributed by atoms with E-state index in [-0.39, 0.29) is 11.9 Å². The SMILES string of the molecule is Cc1cc(N(C)CC2CCC2)c([C@H](C)N)cc1F. The van der Waals surface area contributed by atoms with Crippen LogP contribution in [-0.4, -0.2) is 13.6 Å². The Balaban J connectivity index is 2.25. The van der Waals surface area contributed by atoms with E-state index in [9.17, 15) is 4.39 Å². The van der Waals surface area contributed by atoms with Crippen molar-refractivity contribution in [1.82, 2.24) is 0 Å². The molecule has 1 aliphatic carbocycles. The van der Waals surface area contributed by atoms with Gasteiger partial charge in [-0.25, -0.2) is 4.39 Å². The van der Waals surface area contributed by atoms with Crippen molar-refractivity contribution in [2.75, 3.05) is 18.5 Å². The van der Waals surface area contributed by atoms with Gasteiger partial charge in [-0.3, -0.25) is 0 Å². The second-order valence-corrected chi connectivity index (χ2v) is 5.63. The van der Waals surface area contributed by atoms with Gasteiger partial charge in [-0.15, -0.1) is 0 Å². The van der Waals surface area contributed by atoms with Crippen LogP contribution in [-0.2, 0) is 0 Å². The number of nitrogens with zero attached hydrogens (tertiary/aromatic N) is 1. The zero-order valence-corrected chi connectivity index (χ0v) is 11.5. The number of hydrogen-bond acceptors (Lipinski definition) is 2. The standard InChI is InChI=1S/C15H23FN2/c1-10-7-15(13(11(2)17)8-14(10)16)18(3)9-12-5-4-6-12/h7-8,11-12H,4-6,9,17H2,1-3H3/t11-/m0/s1. The van der Waals surface area contributed by atoms with Gasteiger partial charge in [-0.2, -0.15) is 0 Å². The van der Waals surface area contributed by atoms with Crippen LogP contribution < -0.4 is 10.6 Å². The molecule has 0 radical (unpaired) electrons. The van der Waals surface area contributed by atoms with E-state index in [4.69, 9.17) is 5.73 Å². The van der Waals surface area contributed by atoms with Gasteiger partial charge in [0.05, 0.1) is 0 Å². The summed E-state index contributed by atoms with van der Waals surface area (Å²) in [4.78, 5) is 2.23. The summed E-state index contributed by atoms with van der Waals surface area (Å²) in [5.41, 5.74) is 8.63. The summed E-state index contributed by atoms with van der Waals surface area (Å²) in [7, 11) is 2.08. The molecule has 1 aliphatic rings. The predicted octanol–water partition coefficient (Wildman–Crippen LogP) is 3.39. The van der Waals surface area contributed by atoms with E-state index in [1.165, 1.54) is 19.3 Å². The highest BCUT2D eigenvalue weighted by molar-refractivity contribution is 5.56. The number of rotatable bonds is 4. The van der Waals surface area contributed by atoms with Crippen molar-refractivity contribution in [3.8, 4) is 0 Å². The fourth-order valence-corrected chi connectivity index (χ4v) is 2.54. The number of hydrogen-bond donors (Lipinski definition) is 1. The minimum absolute atomic E-state index is 0.140. The summed E-state index contributed by atoms with van der Waals surface area (Å²) in [6, 6.07) is 3.37. The van der Waals surface area contributed by atoms with Gasteiger partial charge >= 0.3 is 0 Å². The highest BCUT2D eigenvalue weighted by Crippen LogP contribution is 2.32. The zero-order chi connectivity index (χ0) is 13.3. The van der Waals surface area contributed by atoms with Gasteiger partial charge in [0.1, 0.15) is 5.82 Å². The van der Waals surface area contributed by atoms with Gasteiger partial charge in [0, 0.05) is 25.3 Å². The molecule has 0 spiro atoms. The molecular formula is C15H23FN2. The fourth-order valence-electron chi connectivity index (χ4n) is 2.54. The van der Waals surface area contributed by atoms with Crippen LogP contribution >= 0.6 is 0 Å². The largest absolute Gasteiger partial charge is 0.374 e. The van der Waals surface area contributed by atoms with Crippen LogP contribution in [0.1, 0.15) is 43.4 Å². The Kier molecular flexibility index (Phi) is 3.91. The van der Waals surface area contributed by atoms with Crippen LogP contribution in [0.2, 0.25) is 0 Å². The first-order valence-corrected chi connectivity index (χ1v) is 6.75. The van der Waals surface area contributed by atoms with Gasteiger partial charge in [0.15, 0.2) is 0 Å². The zero-order valence-electron chi connectivity index (χ0n) is 11.5. The van der Waals surface area contributed by atoms with Gasteiger partial charge in [0.2, 0.25) is 0 Å². The molecule has 1 saturated carbocycles. The Morgan fingerprint density at radius 2 is 2.11 bits per heavy atom. The molecule has 0 unspecified atom stereocenters. The van der Waals surface area contributed by atoms with Crippen LogP contribution in [0.5, 0.6) is 0 Å². The molecule has 2 rings (SSSR count). The molecular weight excluding hydrogens is 227 g/mol. The van der Waals surface area contributed by atoms with Gasteiger partial charge in [-0.1, -0.05) is 6.42 Å². The minimum Gasteiger partial charge on any atom is -0.374 e. The molecule has 0 amide bonds. The summed E-state index contributed by atoms with van der Waals surface area (Å²) in [6.45, 7) is 4.76. The smallest absolute Gasteiger partial charge is 0.126 e. The average molecular weight is 250 g/mol. The monoisotopic (exact) mass is 250 g/mol. The lowest BCUT2D eigenvalue weighted by atomic mass is 9.85. The molecule has 1 aromatic carbocycles. The van der Waals surface area contributed by atoms with Gasteiger partial charge in [0.25, 0.3) is 0 Å². The highest BCUT2D eigenvalue weighted by atomic mass is 19.1. The van der Waals surface area contributed by atoms with Crippen molar-refractivity contribution in [3.05, 3.63) is 29.1 Å². The molecule has 1 aromatic rings. The van der Waals surface area contributed by atoms with E-state index in [0.29, 0.717) is 5.56 Å². The van der Waals surface area contributed by atoms with E-state index in [0.717, 1.165) is 23.7 Å². The summed E-state index contributed by atoms with van der Waals surface area (Å²) in [5, 5.41) is 0. The molecule has 0 bridgehead atoms. The van der Waals surface area contributed by atoms with E-state index < -0.39 is 0 Å². The Labute approximate surface area is 109 Å². The van der Waals surface area contributed by atoms with Crippen molar-refractivity contribution in [2.24, 2.45) is 11.7 Å². The first-order valence-electron chi connectivity index (χ1n) is 6.75. The molecule has 100 valence electrons. The molecule has 2 nitrogen and oxygen atoms in total. The first-order chi connectivity index (χ1) is 8.49. The predicted molar refractivity (Wildman–Crippen MR) is 74.4 cm³/mol. The van der Waals surface area contributed by atoms with Crippen LogP contribution in [0.3, 0.4) is 0 Å². The molecule has 0 aromatic heterocycles. The lowest BCUT2D eigenvalue weighted by Crippen LogP contribution is -2.30. The Hall–Kier alpha value is -1.09. The van der Waals surface area contributed by atoms with Gasteiger partial charge < -0.3 is 10.6 Å². The molecule has 1 atom stereocenters. The summed E-state index contributed by atoms with van der Waals surface area (Å²) in [5.74, 6) is 0.629. The molecule has 1 fully saturated rings. The average Bonchev–Trinajstić information content (AvgIpc) is 2.26. The topological polar surface area (TPSA) is 29.3 Å². The third-order valence-electron chi connectivity index (χ3n) is 3.97. The van der Waals surface area contributed by atoms with Gasteiger partial charge in [-0.05, 0) is 55.9 Å². The maximum absolute atomic E-state index is 13.6. The Morgan fingerprint density at radius 3 is 2.61 bits per heavy atom. The Morgan fingerprint density at radius 1 is 1.44 bits per heavy atom. The molecule has 0 heterocycles. The van der Waals surface area contributed by atoms with Crippen molar-refractivity contribution in [2.45, 2.75) is 39.2 Å². The number of aryl methyl sites for hydroxylation is 1. The molecule has 3 heteroatoms. The van der Waals surface area contributed by atoms with Crippen molar-refractivity contribution in [3.63, 3.8) is 0 Å². The quantitative estimate of drug-likeness (QED) is 0.887. The molecule has 18 heavy (non-hydrogen) atoms. The summed E-state index contributed by atoms with van der Waals surface area (Å²) in [6.07, 6.45) is 3.98. The second-order valence-electron chi connectivity index (χ2n) is 5.63. The number of nitrogens with two attached hydrogens (primary N) is 1. The molecule has 2 N–H and O–H groups in total. The van der Waals surface area contributed by atoms with E-state index in [1.807, 2.05) is 13.0 Å². The highest BCUT2D eigenvalue weighted by Gasteiger charge is 2.21. The number of anilines is 1. The molecule has 0 saturated heterocycles. The number of benzene rings is 1. The normalized spacial score (nSPS) is 17.4. The third-order valence-corrected chi connectivity index (χ3v) is 3.97. The van der Waals surface area contributed by atoms with E-state index in [1.54, 1.807) is 13.0 Å². The van der Waals surface area contributed by atoms with Crippen LogP contribution in [0.15, 0.2) is 12.1 Å². The van der Waals surface area contributed by atoms with Crippen molar-refractivity contribution >= 4 is 5.69 Å². The lowest BCUT2D eigenvalue weighted by molar-refractivity contribution is 0.321. The maximum Gasteiger partial charge on any atom is 0.126 e. The van der Waals surface area contributed by atoms with E-state index in [2.05, 4.69) is 11.9 Å². The lowest BCUT2D eigenvalue weighted by Gasteiger charge is -2.33. The van der Waals surface area contributed by atoms with Crippen molar-refractivity contribution in [1.29, 1.82) is 0 Å².